The molecule has 0 radical (unpaired) electrons. The van der Waals surface area contributed by atoms with Gasteiger partial charge in [0.25, 0.3) is 0 Å². The van der Waals surface area contributed by atoms with Gasteiger partial charge in [-0.25, -0.2) is 28.8 Å². The smallest absolute Gasteiger partial charge is 0.331 e. The first-order valence-electron chi connectivity index (χ1n) is 18.4. The predicted octanol–water partition coefficient (Wildman–Crippen LogP) is -3.50. The maximum atomic E-state index is 9.87. The van der Waals surface area contributed by atoms with Crippen LogP contribution in [0.15, 0.2) is 72.9 Å². The van der Waals surface area contributed by atoms with E-state index in [2.05, 4.69) is 39.5 Å². The van der Waals surface area contributed by atoms with Gasteiger partial charge < -0.3 is 102 Å². The number of carbonyl (C=O) groups is 12. The van der Waals surface area contributed by atoms with Gasteiger partial charge in [0.2, 0.25) is 0 Å². The van der Waals surface area contributed by atoms with Crippen LogP contribution in [0.4, 0.5) is 0 Å². The summed E-state index contributed by atoms with van der Waals surface area (Å²) in [6.07, 6.45) is -3.03. The molecular weight excluding hydrogens is 992 g/mol. The number of aliphatic hydroxyl groups is 8. The number of hydrogen-bond donors (Lipinski definition) is 20. The van der Waals surface area contributed by atoms with Crippen LogP contribution in [0.2, 0.25) is 0 Å². The van der Waals surface area contributed by atoms with E-state index in [4.69, 9.17) is 102 Å². The molecule has 0 saturated carbocycles. The van der Waals surface area contributed by atoms with Gasteiger partial charge in [0.1, 0.15) is 0 Å². The van der Waals surface area contributed by atoms with Crippen molar-refractivity contribution in [3.8, 4) is 0 Å². The molecule has 0 unspecified atom stereocenters. The third kappa shape index (κ3) is 56.1. The van der Waals surface area contributed by atoms with Gasteiger partial charge in [0.15, 0.2) is 0 Å². The van der Waals surface area contributed by atoms with Crippen molar-refractivity contribution in [1.29, 1.82) is 0 Å². The highest BCUT2D eigenvalue weighted by Crippen LogP contribution is 2.12. The molecule has 0 spiro atoms. The summed E-state index contributed by atoms with van der Waals surface area (Å²) in [5.74, 6) is -14.7. The van der Waals surface area contributed by atoms with Crippen LogP contribution in [0, 0.1) is 10.8 Å². The largest absolute Gasteiger partial charge is 0.481 e. The lowest BCUT2D eigenvalue weighted by Gasteiger charge is -2.23. The summed E-state index contributed by atoms with van der Waals surface area (Å²) in [4.78, 5) is 118. The third-order valence-corrected chi connectivity index (χ3v) is 6.69. The first-order valence-corrected chi connectivity index (χ1v) is 18.4. The van der Waals surface area contributed by atoms with E-state index in [1.165, 1.54) is 0 Å². The van der Waals surface area contributed by atoms with Crippen molar-refractivity contribution in [3.05, 3.63) is 72.9 Å². The van der Waals surface area contributed by atoms with Gasteiger partial charge in [-0.3, -0.25) is 28.8 Å². The quantitative estimate of drug-likeness (QED) is 0.0374. The number of hydrogen-bond acceptors (Lipinski definition) is 20. The minimum atomic E-state index is -1.27. The van der Waals surface area contributed by atoms with E-state index >= 15 is 0 Å². The van der Waals surface area contributed by atoms with E-state index in [0.717, 1.165) is 0 Å². The Morgan fingerprint density at radius 1 is 0.222 bits per heavy atom. The summed E-state index contributed by atoms with van der Waals surface area (Å²) in [5, 5.41) is 164. The number of carboxylic acid groups (broad SMARTS) is 12. The normalized spacial score (nSPS) is 9.33. The summed E-state index contributed by atoms with van der Waals surface area (Å²) >= 11 is 0. The monoisotopic (exact) mass is 1050 g/mol. The minimum absolute atomic E-state index is 0.303. The van der Waals surface area contributed by atoms with E-state index in [-0.39, 0.29) is 33.4 Å². The Morgan fingerprint density at radius 2 is 0.306 bits per heavy atom. The molecule has 72 heavy (non-hydrogen) atoms. The van der Waals surface area contributed by atoms with Gasteiger partial charge in [-0.2, -0.15) is 0 Å². The Bertz CT molecular complexity index is 1530. The molecule has 0 bridgehead atoms. The first-order chi connectivity index (χ1) is 32.7. The van der Waals surface area contributed by atoms with E-state index in [1.54, 1.807) is 0 Å². The Balaban J connectivity index is -0.000000108. The number of rotatable bonds is 26. The zero-order chi connectivity index (χ0) is 59.3. The highest BCUT2D eigenvalue weighted by atomic mass is 16.4. The molecule has 0 aliphatic carbocycles. The lowest BCUT2D eigenvalue weighted by Crippen LogP contribution is -2.37. The Morgan fingerprint density at radius 3 is 0.319 bits per heavy atom. The number of aliphatic carboxylic acids is 12. The summed E-state index contributed by atoms with van der Waals surface area (Å²) in [6.45, 7) is 14.8. The van der Waals surface area contributed by atoms with Crippen LogP contribution in [0.5, 0.6) is 0 Å². The van der Waals surface area contributed by atoms with Gasteiger partial charge in [-0.15, -0.1) is 0 Å². The van der Waals surface area contributed by atoms with Gasteiger partial charge in [-0.05, 0) is 0 Å². The molecule has 0 atom stereocenters. The summed E-state index contributed by atoms with van der Waals surface area (Å²) in [5.41, 5.74) is -4.04. The first kappa shape index (κ1) is 80.8. The molecule has 0 fully saturated rings. The SMILES string of the molecule is C=C(CC(=O)O)C(=O)O.C=C(CC(=O)O)C(=O)O.C=C(CC(=O)O)C(=O)O.C=C(CC(=O)O)C(=O)O.C=C(CC(=O)O)C(=O)O.C=C(CC(=O)O)C(=O)O.OCC(CO)(CO)CO.OCC(CO)(CO)CO. The molecule has 0 saturated heterocycles. The second-order valence-corrected chi connectivity index (χ2v) is 13.1. The summed E-state index contributed by atoms with van der Waals surface area (Å²) in [7, 11) is 0. The Kier molecular flexibility index (Phi) is 52.2. The molecule has 0 rings (SSSR count). The van der Waals surface area contributed by atoms with Crippen LogP contribution in [-0.2, 0) is 57.5 Å². The molecule has 0 aliphatic heterocycles. The molecule has 0 aliphatic rings. The number of carboxylic acids is 12. The summed E-state index contributed by atoms with van der Waals surface area (Å²) in [6, 6.07) is 0. The zero-order valence-corrected chi connectivity index (χ0v) is 38.0. The standard InChI is InChI=1S/2C5H12O4.6C5H6O4/c2*6-1-5(2-7,3-8)4-9;6*1-3(5(8)9)2-4(6)7/h2*6-9H,1-4H2;6*1-2H2,(H,6,7)(H,8,9). The minimum Gasteiger partial charge on any atom is -0.481 e. The Hall–Kier alpha value is -8.24. The second kappa shape index (κ2) is 46.5. The number of aliphatic hydroxyl groups excluding tert-OH is 8. The van der Waals surface area contributed by atoms with Crippen molar-refractivity contribution in [1.82, 2.24) is 0 Å². The maximum Gasteiger partial charge on any atom is 0.331 e. The lowest BCUT2D eigenvalue weighted by molar-refractivity contribution is -0.139. The van der Waals surface area contributed by atoms with Crippen molar-refractivity contribution in [3.63, 3.8) is 0 Å². The average Bonchev–Trinajstić information content (AvgIpc) is 3.25. The van der Waals surface area contributed by atoms with Crippen LogP contribution in [0.1, 0.15) is 38.5 Å². The second-order valence-electron chi connectivity index (χ2n) is 13.1. The van der Waals surface area contributed by atoms with Crippen molar-refractivity contribution < 1.29 is 160 Å². The average molecular weight is 1050 g/mol. The van der Waals surface area contributed by atoms with Crippen molar-refractivity contribution in [2.24, 2.45) is 10.8 Å². The van der Waals surface area contributed by atoms with Gasteiger partial charge >= 0.3 is 71.6 Å². The highest BCUT2D eigenvalue weighted by molar-refractivity contribution is 5.94. The van der Waals surface area contributed by atoms with Crippen molar-refractivity contribution >= 4 is 71.6 Å². The maximum absolute atomic E-state index is 9.87. The van der Waals surface area contributed by atoms with Crippen LogP contribution in [-0.4, -0.2) is 227 Å². The van der Waals surface area contributed by atoms with E-state index in [0.29, 0.717) is 0 Å². The fraction of sp³-hybridized carbons (Fsp3) is 0.400. The molecule has 412 valence electrons. The predicted molar refractivity (Wildman–Crippen MR) is 236 cm³/mol. The van der Waals surface area contributed by atoms with Gasteiger partial charge in [0, 0.05) is 33.4 Å². The molecule has 0 aromatic heterocycles. The van der Waals surface area contributed by atoms with Crippen LogP contribution in [0.25, 0.3) is 0 Å². The molecule has 32 nitrogen and oxygen atoms in total. The fourth-order valence-electron chi connectivity index (χ4n) is 2.15. The topological polar surface area (TPSA) is 609 Å². The molecule has 0 aromatic rings. The lowest BCUT2D eigenvalue weighted by atomic mass is 9.93. The highest BCUT2D eigenvalue weighted by Gasteiger charge is 2.27. The van der Waals surface area contributed by atoms with Crippen LogP contribution in [0.3, 0.4) is 0 Å². The zero-order valence-electron chi connectivity index (χ0n) is 38.0. The van der Waals surface area contributed by atoms with Gasteiger partial charge in [0.05, 0.1) is 102 Å². The van der Waals surface area contributed by atoms with Crippen molar-refractivity contribution in [2.75, 3.05) is 52.9 Å². The Labute approximate surface area is 406 Å². The van der Waals surface area contributed by atoms with E-state index in [9.17, 15) is 57.5 Å². The molecule has 0 amide bonds. The van der Waals surface area contributed by atoms with Crippen LogP contribution >= 0.6 is 0 Å². The van der Waals surface area contributed by atoms with E-state index in [1.807, 2.05) is 0 Å². The fourth-order valence-corrected chi connectivity index (χ4v) is 2.15. The molecular formula is C40H60O32. The van der Waals surface area contributed by atoms with Crippen molar-refractivity contribution in [2.45, 2.75) is 38.5 Å². The molecule has 0 aromatic carbocycles. The third-order valence-electron chi connectivity index (χ3n) is 6.69. The van der Waals surface area contributed by atoms with Crippen LogP contribution < -0.4 is 0 Å². The molecule has 0 heterocycles. The molecule has 32 heteroatoms. The van der Waals surface area contributed by atoms with Gasteiger partial charge in [-0.1, -0.05) is 39.5 Å². The summed E-state index contributed by atoms with van der Waals surface area (Å²) < 4.78 is 0. The van der Waals surface area contributed by atoms with E-state index < -0.39 is 174 Å². The molecule has 20 N–H and O–H groups in total.